The molecule has 0 atom stereocenters. The third kappa shape index (κ3) is 4.79. The topological polar surface area (TPSA) is 0 Å². The molecule has 0 unspecified atom stereocenters. The van der Waals surface area contributed by atoms with Gasteiger partial charge in [0.2, 0.25) is 0 Å². The number of thioether (sulfide) groups is 1. The van der Waals surface area contributed by atoms with Crippen molar-refractivity contribution in [1.82, 2.24) is 0 Å². The summed E-state index contributed by atoms with van der Waals surface area (Å²) in [6.07, 6.45) is 2.14. The smallest absolute Gasteiger partial charge is 0.0254 e. The van der Waals surface area contributed by atoms with Crippen LogP contribution in [0.1, 0.15) is 19.4 Å². The van der Waals surface area contributed by atoms with Gasteiger partial charge in [0.25, 0.3) is 0 Å². The number of hydrogen-bond acceptors (Lipinski definition) is 1. The van der Waals surface area contributed by atoms with Gasteiger partial charge in [-0.25, -0.2) is 0 Å². The Bertz CT molecular complexity index is 338. The number of hydrogen-bond donors (Lipinski definition) is 0. The van der Waals surface area contributed by atoms with Gasteiger partial charge < -0.3 is 0 Å². The van der Waals surface area contributed by atoms with Crippen LogP contribution < -0.4 is 0 Å². The second-order valence-corrected chi connectivity index (χ2v) is 4.00. The molecule has 0 amide bonds. The van der Waals surface area contributed by atoms with Gasteiger partial charge in [-0.1, -0.05) is 44.0 Å². The van der Waals surface area contributed by atoms with E-state index in [1.807, 2.05) is 35.7 Å². The Hall–Kier alpha value is -1.13. The zero-order chi connectivity index (χ0) is 10.2. The Labute approximate surface area is 90.4 Å². The fourth-order valence-electron chi connectivity index (χ4n) is 0.840. The van der Waals surface area contributed by atoms with E-state index in [1.165, 1.54) is 11.8 Å². The molecule has 1 aromatic rings. The van der Waals surface area contributed by atoms with Crippen LogP contribution in [0.2, 0.25) is 0 Å². The van der Waals surface area contributed by atoms with Crippen LogP contribution in [0.15, 0.2) is 41.8 Å². The maximum Gasteiger partial charge on any atom is 0.0254 e. The fraction of sp³-hybridized carbons (Fsp3) is 0.231. The van der Waals surface area contributed by atoms with E-state index in [-0.39, 0.29) is 0 Å². The molecule has 0 saturated heterocycles. The van der Waals surface area contributed by atoms with Gasteiger partial charge in [0.1, 0.15) is 0 Å². The van der Waals surface area contributed by atoms with Crippen LogP contribution in [0, 0.1) is 17.1 Å². The van der Waals surface area contributed by atoms with Crippen molar-refractivity contribution in [2.75, 3.05) is 0 Å². The van der Waals surface area contributed by atoms with Gasteiger partial charge in [-0.15, -0.1) is 0 Å². The van der Waals surface area contributed by atoms with E-state index >= 15 is 0 Å². The molecular weight excluding hydrogens is 188 g/mol. The van der Waals surface area contributed by atoms with Crippen molar-refractivity contribution in [2.24, 2.45) is 5.92 Å². The minimum atomic E-state index is 0.598. The van der Waals surface area contributed by atoms with Gasteiger partial charge in [-0.05, 0) is 40.5 Å². The molecule has 0 aliphatic heterocycles. The summed E-state index contributed by atoms with van der Waals surface area (Å²) in [5.41, 5.74) is 1.07. The van der Waals surface area contributed by atoms with Crippen LogP contribution in [0.3, 0.4) is 0 Å². The Morgan fingerprint density at radius 3 is 2.57 bits per heavy atom. The lowest BCUT2D eigenvalue weighted by atomic mass is 10.2. The first-order valence-electron chi connectivity index (χ1n) is 4.67. The molecule has 0 aliphatic rings. The second kappa shape index (κ2) is 6.34. The highest BCUT2D eigenvalue weighted by molar-refractivity contribution is 8.06. The summed E-state index contributed by atoms with van der Waals surface area (Å²) in [7, 11) is 0. The first-order chi connectivity index (χ1) is 6.79. The van der Waals surface area contributed by atoms with Gasteiger partial charge in [-0.3, -0.25) is 0 Å². The van der Waals surface area contributed by atoms with Gasteiger partial charge in [0.15, 0.2) is 0 Å². The summed E-state index contributed by atoms with van der Waals surface area (Å²) < 4.78 is 0. The van der Waals surface area contributed by atoms with Crippen molar-refractivity contribution >= 4 is 11.8 Å². The third-order valence-electron chi connectivity index (χ3n) is 1.56. The Balaban J connectivity index is 2.42. The molecule has 1 heteroatoms. The molecule has 0 aromatic heterocycles. The highest BCUT2D eigenvalue weighted by atomic mass is 32.2. The highest BCUT2D eigenvalue weighted by Crippen LogP contribution is 2.04. The molecule has 14 heavy (non-hydrogen) atoms. The van der Waals surface area contributed by atoms with Crippen molar-refractivity contribution in [2.45, 2.75) is 13.8 Å². The normalized spacial score (nSPS) is 10.2. The van der Waals surface area contributed by atoms with Gasteiger partial charge in [0.05, 0.1) is 0 Å². The summed E-state index contributed by atoms with van der Waals surface area (Å²) in [5, 5.41) is 5.08. The van der Waals surface area contributed by atoms with Crippen LogP contribution in [0.4, 0.5) is 0 Å². The Kier molecular flexibility index (Phi) is 4.96. The molecular formula is C13H14S. The molecule has 1 aromatic carbocycles. The SMILES string of the molecule is CC(C)/C=C/SC#Cc1ccccc1. The quantitative estimate of drug-likeness (QED) is 0.655. The molecule has 0 spiro atoms. The molecule has 0 fully saturated rings. The highest BCUT2D eigenvalue weighted by Gasteiger charge is 1.82. The van der Waals surface area contributed by atoms with Crippen LogP contribution in [-0.4, -0.2) is 0 Å². The minimum Gasteiger partial charge on any atom is -0.0747 e. The molecule has 0 aliphatic carbocycles. The van der Waals surface area contributed by atoms with E-state index in [2.05, 4.69) is 31.1 Å². The number of allylic oxidation sites excluding steroid dienone is 1. The molecule has 0 bridgehead atoms. The van der Waals surface area contributed by atoms with Gasteiger partial charge in [0, 0.05) is 5.56 Å². The minimum absolute atomic E-state index is 0.598. The molecule has 0 saturated carbocycles. The molecule has 0 radical (unpaired) electrons. The van der Waals surface area contributed by atoms with Crippen molar-refractivity contribution < 1.29 is 0 Å². The Morgan fingerprint density at radius 1 is 1.21 bits per heavy atom. The van der Waals surface area contributed by atoms with E-state index in [1.54, 1.807) is 0 Å². The number of benzene rings is 1. The van der Waals surface area contributed by atoms with E-state index in [0.717, 1.165) is 5.56 Å². The molecule has 0 heterocycles. The van der Waals surface area contributed by atoms with Crippen molar-refractivity contribution in [3.63, 3.8) is 0 Å². The second-order valence-electron chi connectivity index (χ2n) is 3.28. The lowest BCUT2D eigenvalue weighted by Gasteiger charge is -1.89. The average molecular weight is 202 g/mol. The van der Waals surface area contributed by atoms with Crippen LogP contribution in [0.5, 0.6) is 0 Å². The summed E-state index contributed by atoms with van der Waals surface area (Å²) in [6, 6.07) is 10.0. The third-order valence-corrected chi connectivity index (χ3v) is 2.07. The zero-order valence-electron chi connectivity index (χ0n) is 8.53. The average Bonchev–Trinajstić information content (AvgIpc) is 2.18. The maximum absolute atomic E-state index is 3.08. The molecule has 0 N–H and O–H groups in total. The van der Waals surface area contributed by atoms with Gasteiger partial charge in [-0.2, -0.15) is 0 Å². The summed E-state index contributed by atoms with van der Waals surface area (Å²) in [5.74, 6) is 3.68. The number of rotatable bonds is 2. The van der Waals surface area contributed by atoms with Crippen molar-refractivity contribution in [3.05, 3.63) is 47.4 Å². The van der Waals surface area contributed by atoms with Crippen molar-refractivity contribution in [3.8, 4) is 11.2 Å². The first-order valence-corrected chi connectivity index (χ1v) is 5.55. The molecule has 1 rings (SSSR count). The lowest BCUT2D eigenvalue weighted by molar-refractivity contribution is 0.834. The summed E-state index contributed by atoms with van der Waals surface area (Å²) >= 11 is 1.53. The van der Waals surface area contributed by atoms with Gasteiger partial charge >= 0.3 is 0 Å². The van der Waals surface area contributed by atoms with Crippen LogP contribution >= 0.6 is 11.8 Å². The maximum atomic E-state index is 3.08. The summed E-state index contributed by atoms with van der Waals surface area (Å²) in [4.78, 5) is 0. The van der Waals surface area contributed by atoms with E-state index in [9.17, 15) is 0 Å². The molecule has 0 nitrogen and oxygen atoms in total. The Morgan fingerprint density at radius 2 is 1.93 bits per heavy atom. The largest absolute Gasteiger partial charge is 0.0747 e. The van der Waals surface area contributed by atoms with E-state index < -0.39 is 0 Å². The summed E-state index contributed by atoms with van der Waals surface area (Å²) in [6.45, 7) is 4.31. The monoisotopic (exact) mass is 202 g/mol. The standard InChI is InChI=1S/C13H14S/c1-12(2)8-10-14-11-9-13-6-4-3-5-7-13/h3-8,10,12H,1-2H3/b10-8+. The zero-order valence-corrected chi connectivity index (χ0v) is 9.34. The van der Waals surface area contributed by atoms with Crippen LogP contribution in [0.25, 0.3) is 0 Å². The molecule has 72 valence electrons. The lowest BCUT2D eigenvalue weighted by Crippen LogP contribution is -1.73. The fourth-order valence-corrected chi connectivity index (χ4v) is 1.48. The van der Waals surface area contributed by atoms with E-state index in [4.69, 9.17) is 0 Å². The van der Waals surface area contributed by atoms with E-state index in [0.29, 0.717) is 5.92 Å². The first kappa shape index (κ1) is 10.9. The van der Waals surface area contributed by atoms with Crippen molar-refractivity contribution in [1.29, 1.82) is 0 Å². The predicted molar refractivity (Wildman–Crippen MR) is 64.9 cm³/mol. The predicted octanol–water partition coefficient (Wildman–Crippen LogP) is 3.90. The van der Waals surface area contributed by atoms with Crippen LogP contribution in [-0.2, 0) is 0 Å².